The lowest BCUT2D eigenvalue weighted by atomic mass is 10.0. The number of likely N-dealkylation sites (tertiary alicyclic amines) is 1. The minimum absolute atomic E-state index is 0.0182. The van der Waals surface area contributed by atoms with E-state index in [0.29, 0.717) is 19.5 Å². The van der Waals surface area contributed by atoms with Crippen LogP contribution in [0.1, 0.15) is 16.7 Å². The lowest BCUT2D eigenvalue weighted by molar-refractivity contribution is -0.141. The third-order valence-corrected chi connectivity index (χ3v) is 4.56. The molecule has 1 saturated heterocycles. The molecule has 0 saturated carbocycles. The fourth-order valence-electron chi connectivity index (χ4n) is 3.05. The lowest BCUT2D eigenvalue weighted by Crippen LogP contribution is -2.60. The Morgan fingerprint density at radius 1 is 1.20 bits per heavy atom. The zero-order chi connectivity index (χ0) is 18.0. The standard InChI is InChI=1S/C20H24N2O3/c1-13-4-3-5-14(2)19(13)25-17-11-22(12-17)20(24)18(21)10-15-6-8-16(23)9-7-15/h3-9,17-18,23H,10-12,21H2,1-2H3/t18-/m0/s1. The highest BCUT2D eigenvalue weighted by atomic mass is 16.5. The second-order valence-electron chi connectivity index (χ2n) is 6.68. The van der Waals surface area contributed by atoms with Gasteiger partial charge < -0.3 is 20.5 Å². The van der Waals surface area contributed by atoms with E-state index in [-0.39, 0.29) is 17.8 Å². The number of benzene rings is 2. The third kappa shape index (κ3) is 3.94. The van der Waals surface area contributed by atoms with Crippen molar-refractivity contribution in [1.29, 1.82) is 0 Å². The smallest absolute Gasteiger partial charge is 0.240 e. The molecule has 3 rings (SSSR count). The molecule has 1 aliphatic heterocycles. The van der Waals surface area contributed by atoms with E-state index in [1.165, 1.54) is 0 Å². The number of hydrogen-bond acceptors (Lipinski definition) is 4. The van der Waals surface area contributed by atoms with Gasteiger partial charge >= 0.3 is 0 Å². The Bertz CT molecular complexity index is 732. The van der Waals surface area contributed by atoms with E-state index in [0.717, 1.165) is 22.4 Å². The van der Waals surface area contributed by atoms with Gasteiger partial charge in [0.05, 0.1) is 19.1 Å². The highest BCUT2D eigenvalue weighted by molar-refractivity contribution is 5.82. The van der Waals surface area contributed by atoms with Gasteiger partial charge in [0.2, 0.25) is 5.91 Å². The minimum atomic E-state index is -0.578. The molecular formula is C20H24N2O3. The molecule has 1 fully saturated rings. The summed E-state index contributed by atoms with van der Waals surface area (Å²) in [6, 6.07) is 12.3. The summed E-state index contributed by atoms with van der Waals surface area (Å²) in [6.07, 6.45) is 0.475. The van der Waals surface area contributed by atoms with Crippen molar-refractivity contribution in [3.8, 4) is 11.5 Å². The number of nitrogens with two attached hydrogens (primary N) is 1. The molecule has 0 radical (unpaired) electrons. The fraction of sp³-hybridized carbons (Fsp3) is 0.350. The number of phenolic OH excluding ortho intramolecular Hbond substituents is 1. The highest BCUT2D eigenvalue weighted by Crippen LogP contribution is 2.26. The SMILES string of the molecule is Cc1cccc(C)c1OC1CN(C(=O)[C@@H](N)Cc2ccc(O)cc2)C1. The van der Waals surface area contributed by atoms with Crippen LogP contribution in [0, 0.1) is 13.8 Å². The first kappa shape index (κ1) is 17.3. The second kappa shape index (κ2) is 7.15. The van der Waals surface area contributed by atoms with Crippen molar-refractivity contribution in [3.63, 3.8) is 0 Å². The number of ether oxygens (including phenoxy) is 1. The molecule has 2 aromatic rings. The Morgan fingerprint density at radius 2 is 1.80 bits per heavy atom. The number of aryl methyl sites for hydroxylation is 2. The van der Waals surface area contributed by atoms with Crippen molar-refractivity contribution >= 4 is 5.91 Å². The van der Waals surface area contributed by atoms with Gasteiger partial charge in [0, 0.05) is 0 Å². The first-order valence-corrected chi connectivity index (χ1v) is 8.49. The predicted octanol–water partition coefficient (Wildman–Crippen LogP) is 2.17. The topological polar surface area (TPSA) is 75.8 Å². The zero-order valence-corrected chi connectivity index (χ0v) is 14.6. The molecule has 5 heteroatoms. The number of aromatic hydroxyl groups is 1. The zero-order valence-electron chi connectivity index (χ0n) is 14.6. The van der Waals surface area contributed by atoms with Gasteiger partial charge in [0.25, 0.3) is 0 Å². The van der Waals surface area contributed by atoms with Crippen molar-refractivity contribution in [2.75, 3.05) is 13.1 Å². The molecule has 1 amide bonds. The normalized spacial score (nSPS) is 15.6. The molecule has 1 atom stereocenters. The number of phenols is 1. The predicted molar refractivity (Wildman–Crippen MR) is 96.7 cm³/mol. The van der Waals surface area contributed by atoms with Crippen LogP contribution in [0.15, 0.2) is 42.5 Å². The number of amides is 1. The summed E-state index contributed by atoms with van der Waals surface area (Å²) in [5, 5.41) is 9.30. The van der Waals surface area contributed by atoms with Gasteiger partial charge in [-0.1, -0.05) is 30.3 Å². The Hall–Kier alpha value is -2.53. The number of carbonyl (C=O) groups is 1. The van der Waals surface area contributed by atoms with E-state index in [9.17, 15) is 9.90 Å². The van der Waals surface area contributed by atoms with E-state index in [1.54, 1.807) is 29.2 Å². The third-order valence-electron chi connectivity index (χ3n) is 4.56. The number of hydrogen-bond donors (Lipinski definition) is 2. The molecule has 3 N–H and O–H groups in total. The number of carbonyl (C=O) groups excluding carboxylic acids is 1. The molecule has 0 unspecified atom stereocenters. The molecule has 0 aromatic heterocycles. The Labute approximate surface area is 148 Å². The fourth-order valence-corrected chi connectivity index (χ4v) is 3.05. The van der Waals surface area contributed by atoms with Gasteiger partial charge in [-0.25, -0.2) is 0 Å². The molecule has 5 nitrogen and oxygen atoms in total. The molecule has 1 heterocycles. The van der Waals surface area contributed by atoms with Crippen LogP contribution < -0.4 is 10.5 Å². The average molecular weight is 340 g/mol. The van der Waals surface area contributed by atoms with Crippen LogP contribution in [0.25, 0.3) is 0 Å². The first-order valence-electron chi connectivity index (χ1n) is 8.49. The van der Waals surface area contributed by atoms with E-state index in [4.69, 9.17) is 10.5 Å². The van der Waals surface area contributed by atoms with Crippen LogP contribution in [-0.2, 0) is 11.2 Å². The van der Waals surface area contributed by atoms with Crippen molar-refractivity contribution in [2.24, 2.45) is 5.73 Å². The van der Waals surface area contributed by atoms with Gasteiger partial charge in [0.15, 0.2) is 0 Å². The summed E-state index contributed by atoms with van der Waals surface area (Å²) in [6.45, 7) is 5.18. The molecule has 0 spiro atoms. The molecule has 0 aliphatic carbocycles. The average Bonchev–Trinajstić information content (AvgIpc) is 2.54. The molecule has 25 heavy (non-hydrogen) atoms. The summed E-state index contributed by atoms with van der Waals surface area (Å²) < 4.78 is 6.04. The summed E-state index contributed by atoms with van der Waals surface area (Å²) in [4.78, 5) is 14.2. The largest absolute Gasteiger partial charge is 0.508 e. The van der Waals surface area contributed by atoms with Gasteiger partial charge in [-0.2, -0.15) is 0 Å². The van der Waals surface area contributed by atoms with Crippen LogP contribution in [-0.4, -0.2) is 41.1 Å². The van der Waals surface area contributed by atoms with Gasteiger partial charge in [-0.15, -0.1) is 0 Å². The van der Waals surface area contributed by atoms with Crippen molar-refractivity contribution < 1.29 is 14.6 Å². The number of para-hydroxylation sites is 1. The summed E-state index contributed by atoms with van der Waals surface area (Å²) >= 11 is 0. The van der Waals surface area contributed by atoms with Crippen LogP contribution in [0.5, 0.6) is 11.5 Å². The molecule has 0 bridgehead atoms. The minimum Gasteiger partial charge on any atom is -0.508 e. The Kier molecular flexibility index (Phi) is 4.95. The van der Waals surface area contributed by atoms with Crippen LogP contribution in [0.3, 0.4) is 0 Å². The quantitative estimate of drug-likeness (QED) is 0.875. The molecule has 2 aromatic carbocycles. The Morgan fingerprint density at radius 3 is 2.40 bits per heavy atom. The first-order chi connectivity index (χ1) is 11.9. The van der Waals surface area contributed by atoms with Gasteiger partial charge in [0.1, 0.15) is 17.6 Å². The summed E-state index contributed by atoms with van der Waals surface area (Å²) in [5.41, 5.74) is 9.19. The maximum absolute atomic E-state index is 12.4. The van der Waals surface area contributed by atoms with Crippen molar-refractivity contribution in [2.45, 2.75) is 32.4 Å². The monoisotopic (exact) mass is 340 g/mol. The maximum Gasteiger partial charge on any atom is 0.240 e. The molecule has 132 valence electrons. The van der Waals surface area contributed by atoms with E-state index >= 15 is 0 Å². The summed E-state index contributed by atoms with van der Waals surface area (Å²) in [5.74, 6) is 1.06. The molecule has 1 aliphatic rings. The number of rotatable bonds is 5. The van der Waals surface area contributed by atoms with E-state index < -0.39 is 6.04 Å². The van der Waals surface area contributed by atoms with Gasteiger partial charge in [-0.3, -0.25) is 4.79 Å². The van der Waals surface area contributed by atoms with Crippen molar-refractivity contribution in [3.05, 3.63) is 59.2 Å². The van der Waals surface area contributed by atoms with Crippen LogP contribution in [0.4, 0.5) is 0 Å². The van der Waals surface area contributed by atoms with E-state index in [2.05, 4.69) is 0 Å². The second-order valence-corrected chi connectivity index (χ2v) is 6.68. The summed E-state index contributed by atoms with van der Waals surface area (Å²) in [7, 11) is 0. The number of nitrogens with zero attached hydrogens (tertiary/aromatic N) is 1. The van der Waals surface area contributed by atoms with Crippen molar-refractivity contribution in [1.82, 2.24) is 4.90 Å². The van der Waals surface area contributed by atoms with E-state index in [1.807, 2.05) is 32.0 Å². The van der Waals surface area contributed by atoms with Crippen LogP contribution >= 0.6 is 0 Å². The van der Waals surface area contributed by atoms with Gasteiger partial charge in [-0.05, 0) is 49.1 Å². The van der Waals surface area contributed by atoms with Crippen LogP contribution in [0.2, 0.25) is 0 Å². The Balaban J connectivity index is 1.51. The lowest BCUT2D eigenvalue weighted by Gasteiger charge is -2.40. The molecular weight excluding hydrogens is 316 g/mol. The highest BCUT2D eigenvalue weighted by Gasteiger charge is 2.35. The maximum atomic E-state index is 12.4.